The minimum atomic E-state index is 0.223. The fourth-order valence-corrected chi connectivity index (χ4v) is 4.72. The third kappa shape index (κ3) is 4.09. The summed E-state index contributed by atoms with van der Waals surface area (Å²) >= 11 is 1.68. The highest BCUT2D eigenvalue weighted by Gasteiger charge is 2.27. The maximum atomic E-state index is 12.5. The van der Waals surface area contributed by atoms with Crippen LogP contribution in [0.2, 0.25) is 0 Å². The summed E-state index contributed by atoms with van der Waals surface area (Å²) in [5.74, 6) is 1.66. The highest BCUT2D eigenvalue weighted by Crippen LogP contribution is 2.22. The number of hydrogen-bond acceptors (Lipinski definition) is 3. The van der Waals surface area contributed by atoms with E-state index in [1.165, 1.54) is 16.0 Å². The number of rotatable bonds is 4. The molecule has 0 bridgehead atoms. The standard InChI is InChI=1S/C18H25N3OS/c1-13-8-14(2)10-21(9-13)12-18(22)20(3)11-17-19-15-6-4-5-7-16(15)23-17/h4-7,13-14H,8-12H2,1-3H3/p+1/t13-,14+. The molecule has 2 heterocycles. The Kier molecular flexibility index (Phi) is 4.97. The molecule has 1 fully saturated rings. The number of amides is 1. The predicted octanol–water partition coefficient (Wildman–Crippen LogP) is 1.82. The summed E-state index contributed by atoms with van der Waals surface area (Å²) in [5, 5.41) is 1.01. The zero-order chi connectivity index (χ0) is 16.4. The normalized spacial score (nSPS) is 24.7. The second kappa shape index (κ2) is 6.97. The van der Waals surface area contributed by atoms with Gasteiger partial charge in [-0.25, -0.2) is 4.98 Å². The number of carbonyl (C=O) groups excluding carboxylic acids is 1. The van der Waals surface area contributed by atoms with Crippen molar-refractivity contribution >= 4 is 27.5 Å². The zero-order valence-corrected chi connectivity index (χ0v) is 15.0. The molecule has 2 aromatic rings. The van der Waals surface area contributed by atoms with Crippen LogP contribution in [0.1, 0.15) is 25.3 Å². The third-order valence-electron chi connectivity index (χ3n) is 4.62. The van der Waals surface area contributed by atoms with Crippen molar-refractivity contribution in [3.63, 3.8) is 0 Å². The van der Waals surface area contributed by atoms with Gasteiger partial charge in [-0.2, -0.15) is 0 Å². The van der Waals surface area contributed by atoms with Crippen molar-refractivity contribution in [2.24, 2.45) is 11.8 Å². The van der Waals surface area contributed by atoms with Crippen LogP contribution in [-0.4, -0.2) is 42.5 Å². The van der Waals surface area contributed by atoms with Crippen LogP contribution in [0.15, 0.2) is 24.3 Å². The maximum absolute atomic E-state index is 12.5. The zero-order valence-electron chi connectivity index (χ0n) is 14.2. The lowest BCUT2D eigenvalue weighted by atomic mass is 9.92. The average Bonchev–Trinajstić information content (AvgIpc) is 2.88. The number of para-hydroxylation sites is 1. The van der Waals surface area contributed by atoms with Crippen molar-refractivity contribution in [3.05, 3.63) is 29.3 Å². The molecule has 1 aliphatic heterocycles. The van der Waals surface area contributed by atoms with E-state index in [4.69, 9.17) is 0 Å². The van der Waals surface area contributed by atoms with Gasteiger partial charge in [0.05, 0.1) is 29.9 Å². The number of thiazole rings is 1. The average molecular weight is 332 g/mol. The molecule has 1 aliphatic rings. The quantitative estimate of drug-likeness (QED) is 0.927. The number of piperidine rings is 1. The summed E-state index contributed by atoms with van der Waals surface area (Å²) in [4.78, 5) is 20.4. The fraction of sp³-hybridized carbons (Fsp3) is 0.556. The van der Waals surface area contributed by atoms with Gasteiger partial charge in [0.1, 0.15) is 5.01 Å². The van der Waals surface area contributed by atoms with Gasteiger partial charge in [0, 0.05) is 18.9 Å². The van der Waals surface area contributed by atoms with Crippen molar-refractivity contribution in [2.45, 2.75) is 26.8 Å². The van der Waals surface area contributed by atoms with E-state index >= 15 is 0 Å². The number of fused-ring (bicyclic) bond motifs is 1. The maximum Gasteiger partial charge on any atom is 0.277 e. The van der Waals surface area contributed by atoms with Gasteiger partial charge in [0.15, 0.2) is 6.54 Å². The first-order valence-corrected chi connectivity index (χ1v) is 9.25. The van der Waals surface area contributed by atoms with Crippen molar-refractivity contribution in [1.82, 2.24) is 9.88 Å². The molecule has 3 atom stereocenters. The molecule has 1 saturated heterocycles. The molecule has 3 rings (SSSR count). The van der Waals surface area contributed by atoms with Crippen LogP contribution in [0.3, 0.4) is 0 Å². The van der Waals surface area contributed by atoms with E-state index in [9.17, 15) is 4.79 Å². The van der Waals surface area contributed by atoms with Crippen LogP contribution < -0.4 is 4.90 Å². The second-order valence-electron chi connectivity index (χ2n) is 7.11. The Bertz CT molecular complexity index is 641. The molecule has 0 radical (unpaired) electrons. The molecule has 1 aromatic carbocycles. The van der Waals surface area contributed by atoms with Crippen LogP contribution in [0.4, 0.5) is 0 Å². The fourth-order valence-electron chi connectivity index (χ4n) is 3.69. The molecule has 1 amide bonds. The Balaban J connectivity index is 1.58. The number of quaternary nitrogens is 1. The largest absolute Gasteiger partial charge is 0.334 e. The van der Waals surface area contributed by atoms with Crippen LogP contribution in [0.5, 0.6) is 0 Å². The second-order valence-corrected chi connectivity index (χ2v) is 8.22. The topological polar surface area (TPSA) is 37.6 Å². The van der Waals surface area contributed by atoms with Crippen LogP contribution in [-0.2, 0) is 11.3 Å². The molecule has 1 N–H and O–H groups in total. The molecule has 0 saturated carbocycles. The van der Waals surface area contributed by atoms with Gasteiger partial charge >= 0.3 is 0 Å². The molecular formula is C18H26N3OS+. The summed E-state index contributed by atoms with van der Waals surface area (Å²) < 4.78 is 1.19. The lowest BCUT2D eigenvalue weighted by Gasteiger charge is -2.32. The molecule has 124 valence electrons. The van der Waals surface area contributed by atoms with Gasteiger partial charge in [0.25, 0.3) is 5.91 Å². The molecule has 0 spiro atoms. The number of likely N-dealkylation sites (N-methyl/N-ethyl adjacent to an activating group) is 1. The number of likely N-dealkylation sites (tertiary alicyclic amines) is 1. The number of aromatic nitrogens is 1. The van der Waals surface area contributed by atoms with Crippen molar-refractivity contribution in [2.75, 3.05) is 26.7 Å². The first-order chi connectivity index (χ1) is 11.0. The molecule has 23 heavy (non-hydrogen) atoms. The highest BCUT2D eigenvalue weighted by molar-refractivity contribution is 7.18. The molecule has 0 aliphatic carbocycles. The third-order valence-corrected chi connectivity index (χ3v) is 5.64. The molecule has 1 aromatic heterocycles. The van der Waals surface area contributed by atoms with Gasteiger partial charge in [-0.05, 0) is 18.6 Å². The highest BCUT2D eigenvalue weighted by atomic mass is 32.1. The van der Waals surface area contributed by atoms with Gasteiger partial charge in [-0.15, -0.1) is 11.3 Å². The van der Waals surface area contributed by atoms with Crippen LogP contribution in [0, 0.1) is 11.8 Å². The summed E-state index contributed by atoms with van der Waals surface area (Å²) in [6, 6.07) is 8.14. The van der Waals surface area contributed by atoms with Crippen molar-refractivity contribution in [3.8, 4) is 0 Å². The first kappa shape index (κ1) is 16.4. The van der Waals surface area contributed by atoms with Gasteiger partial charge in [-0.3, -0.25) is 4.79 Å². The molecule has 1 unspecified atom stereocenters. The van der Waals surface area contributed by atoms with Crippen molar-refractivity contribution in [1.29, 1.82) is 0 Å². The van der Waals surface area contributed by atoms with E-state index in [0.717, 1.165) is 35.4 Å². The Morgan fingerprint density at radius 1 is 1.30 bits per heavy atom. The SMILES string of the molecule is C[C@@H]1C[C@H](C)C[NH+](CC(=O)N(C)Cc2nc3ccccc3s2)C1. The van der Waals surface area contributed by atoms with E-state index in [1.54, 1.807) is 11.3 Å². The number of carbonyl (C=O) groups is 1. The van der Waals surface area contributed by atoms with E-state index in [-0.39, 0.29) is 5.91 Å². The minimum absolute atomic E-state index is 0.223. The van der Waals surface area contributed by atoms with Crippen LogP contribution in [0.25, 0.3) is 10.2 Å². The summed E-state index contributed by atoms with van der Waals surface area (Å²) in [6.07, 6.45) is 1.29. The minimum Gasteiger partial charge on any atom is -0.334 e. The predicted molar refractivity (Wildman–Crippen MR) is 94.6 cm³/mol. The van der Waals surface area contributed by atoms with Gasteiger partial charge < -0.3 is 9.80 Å². The smallest absolute Gasteiger partial charge is 0.277 e. The Morgan fingerprint density at radius 2 is 2.00 bits per heavy atom. The van der Waals surface area contributed by atoms with E-state index < -0.39 is 0 Å². The van der Waals surface area contributed by atoms with E-state index in [0.29, 0.717) is 13.1 Å². The first-order valence-electron chi connectivity index (χ1n) is 8.43. The molecule has 4 nitrogen and oxygen atoms in total. The Morgan fingerprint density at radius 3 is 2.70 bits per heavy atom. The summed E-state index contributed by atoms with van der Waals surface area (Å²) in [7, 11) is 1.89. The lowest BCUT2D eigenvalue weighted by molar-refractivity contribution is -0.904. The summed E-state index contributed by atoms with van der Waals surface area (Å²) in [5.41, 5.74) is 1.03. The Labute approximate surface area is 142 Å². The van der Waals surface area contributed by atoms with Crippen LogP contribution >= 0.6 is 11.3 Å². The molecule has 5 heteroatoms. The lowest BCUT2D eigenvalue weighted by Crippen LogP contribution is -3.15. The van der Waals surface area contributed by atoms with E-state index in [1.807, 2.05) is 30.1 Å². The molecular weight excluding hydrogens is 306 g/mol. The summed E-state index contributed by atoms with van der Waals surface area (Å²) in [6.45, 7) is 8.04. The number of benzene rings is 1. The number of nitrogens with zero attached hydrogens (tertiary/aromatic N) is 2. The van der Waals surface area contributed by atoms with Crippen molar-refractivity contribution < 1.29 is 9.69 Å². The number of hydrogen-bond donors (Lipinski definition) is 1. The monoisotopic (exact) mass is 332 g/mol. The van der Waals surface area contributed by atoms with Gasteiger partial charge in [0.2, 0.25) is 0 Å². The Hall–Kier alpha value is -1.46. The number of nitrogens with one attached hydrogen (secondary N) is 1. The van der Waals surface area contributed by atoms with Gasteiger partial charge in [-0.1, -0.05) is 26.0 Å². The van der Waals surface area contributed by atoms with E-state index in [2.05, 4.69) is 24.9 Å².